The van der Waals surface area contributed by atoms with Gasteiger partial charge in [-0.25, -0.2) is 9.97 Å². The van der Waals surface area contributed by atoms with Gasteiger partial charge in [0, 0.05) is 18.5 Å². The number of aryl methyl sites for hydroxylation is 1. The molecule has 0 aromatic carbocycles. The number of nitrogens with one attached hydrogen (secondary N) is 1. The Bertz CT molecular complexity index is 371. The van der Waals surface area contributed by atoms with E-state index in [-0.39, 0.29) is 6.10 Å². The first kappa shape index (κ1) is 14.2. The van der Waals surface area contributed by atoms with Gasteiger partial charge in [-0.05, 0) is 19.8 Å². The third-order valence-electron chi connectivity index (χ3n) is 2.58. The van der Waals surface area contributed by atoms with Gasteiger partial charge < -0.3 is 10.4 Å². The van der Waals surface area contributed by atoms with Crippen LogP contribution in [-0.2, 0) is 6.42 Å². The number of aliphatic hydroxyl groups excluding tert-OH is 1. The van der Waals surface area contributed by atoms with E-state index in [0.717, 1.165) is 30.0 Å². The molecule has 96 valence electrons. The van der Waals surface area contributed by atoms with Crippen molar-refractivity contribution in [2.24, 2.45) is 0 Å². The van der Waals surface area contributed by atoms with Crippen LogP contribution in [0.5, 0.6) is 0 Å². The fraction of sp³-hybridized carbons (Fsp3) is 0.667. The highest BCUT2D eigenvalue weighted by Crippen LogP contribution is 2.20. The summed E-state index contributed by atoms with van der Waals surface area (Å²) < 4.78 is 0. The molecule has 0 saturated carbocycles. The van der Waals surface area contributed by atoms with Crippen molar-refractivity contribution in [3.63, 3.8) is 0 Å². The summed E-state index contributed by atoms with van der Waals surface area (Å²) in [5.74, 6) is 1.47. The van der Waals surface area contributed by atoms with Crippen molar-refractivity contribution in [1.82, 2.24) is 9.97 Å². The molecule has 0 aliphatic heterocycles. The maximum absolute atomic E-state index is 9.51. The Labute approximate surface area is 107 Å². The molecule has 0 amide bonds. The van der Waals surface area contributed by atoms with Gasteiger partial charge >= 0.3 is 0 Å². The molecule has 1 aromatic heterocycles. The van der Waals surface area contributed by atoms with Crippen molar-refractivity contribution in [3.05, 3.63) is 16.5 Å². The van der Waals surface area contributed by atoms with Crippen LogP contribution < -0.4 is 5.32 Å². The minimum atomic E-state index is -0.363. The number of nitrogens with zero attached hydrogens (tertiary/aromatic N) is 2. The Hall–Kier alpha value is -0.870. The number of anilines is 1. The molecule has 0 spiro atoms. The fourth-order valence-corrected chi connectivity index (χ4v) is 1.59. The Morgan fingerprint density at radius 1 is 1.35 bits per heavy atom. The molecule has 4 nitrogen and oxygen atoms in total. The van der Waals surface area contributed by atoms with Gasteiger partial charge in [0.2, 0.25) is 0 Å². The third kappa shape index (κ3) is 4.13. The zero-order valence-electron chi connectivity index (χ0n) is 10.6. The van der Waals surface area contributed by atoms with Gasteiger partial charge in [-0.1, -0.05) is 25.4 Å². The highest BCUT2D eigenvalue weighted by molar-refractivity contribution is 6.30. The van der Waals surface area contributed by atoms with Crippen molar-refractivity contribution in [2.45, 2.75) is 46.1 Å². The number of rotatable bonds is 6. The average Bonchev–Trinajstić information content (AvgIpc) is 2.31. The maximum Gasteiger partial charge on any atom is 0.137 e. The van der Waals surface area contributed by atoms with E-state index in [9.17, 15) is 5.11 Å². The molecule has 1 heterocycles. The lowest BCUT2D eigenvalue weighted by atomic mass is 10.2. The Balaban J connectivity index is 2.82. The second kappa shape index (κ2) is 6.77. The van der Waals surface area contributed by atoms with E-state index in [0.29, 0.717) is 18.1 Å². The van der Waals surface area contributed by atoms with E-state index in [1.807, 2.05) is 13.8 Å². The van der Waals surface area contributed by atoms with Gasteiger partial charge in [-0.15, -0.1) is 0 Å². The molecule has 1 rings (SSSR count). The SMILES string of the molecule is CCCc1nc(Cl)c(C)c(NCC(O)CC)n1. The molecule has 0 aliphatic carbocycles. The molecular weight excluding hydrogens is 238 g/mol. The second-order valence-corrected chi connectivity index (χ2v) is 4.46. The largest absolute Gasteiger partial charge is 0.391 e. The number of hydrogen-bond donors (Lipinski definition) is 2. The van der Waals surface area contributed by atoms with E-state index >= 15 is 0 Å². The predicted octanol–water partition coefficient (Wildman–Crippen LogP) is 2.57. The normalized spacial score (nSPS) is 12.5. The quantitative estimate of drug-likeness (QED) is 0.769. The highest BCUT2D eigenvalue weighted by Gasteiger charge is 2.10. The van der Waals surface area contributed by atoms with Gasteiger partial charge in [0.15, 0.2) is 0 Å². The summed E-state index contributed by atoms with van der Waals surface area (Å²) in [6, 6.07) is 0. The standard InChI is InChI=1S/C12H20ClN3O/c1-4-6-10-15-11(13)8(3)12(16-10)14-7-9(17)5-2/h9,17H,4-7H2,1-3H3,(H,14,15,16). The molecule has 0 bridgehead atoms. The molecule has 1 atom stereocenters. The summed E-state index contributed by atoms with van der Waals surface area (Å²) in [4.78, 5) is 8.63. The fourth-order valence-electron chi connectivity index (χ4n) is 1.40. The van der Waals surface area contributed by atoms with Crippen LogP contribution in [0.2, 0.25) is 5.15 Å². The summed E-state index contributed by atoms with van der Waals surface area (Å²) in [7, 11) is 0. The summed E-state index contributed by atoms with van der Waals surface area (Å²) in [5.41, 5.74) is 0.829. The van der Waals surface area contributed by atoms with Crippen LogP contribution in [0.25, 0.3) is 0 Å². The van der Waals surface area contributed by atoms with Crippen molar-refractivity contribution in [1.29, 1.82) is 0 Å². The van der Waals surface area contributed by atoms with Crippen LogP contribution in [0.4, 0.5) is 5.82 Å². The summed E-state index contributed by atoms with van der Waals surface area (Å²) in [6.45, 7) is 6.37. The first-order chi connectivity index (χ1) is 8.08. The van der Waals surface area contributed by atoms with E-state index < -0.39 is 0 Å². The minimum absolute atomic E-state index is 0.363. The van der Waals surface area contributed by atoms with Crippen LogP contribution in [0, 0.1) is 6.92 Å². The van der Waals surface area contributed by atoms with Crippen LogP contribution in [-0.4, -0.2) is 27.7 Å². The number of hydrogen-bond acceptors (Lipinski definition) is 4. The van der Waals surface area contributed by atoms with Gasteiger partial charge in [0.25, 0.3) is 0 Å². The van der Waals surface area contributed by atoms with Crippen LogP contribution in [0.15, 0.2) is 0 Å². The van der Waals surface area contributed by atoms with Crippen LogP contribution in [0.1, 0.15) is 38.1 Å². The van der Waals surface area contributed by atoms with Crippen molar-refractivity contribution in [2.75, 3.05) is 11.9 Å². The number of aliphatic hydroxyl groups is 1. The third-order valence-corrected chi connectivity index (χ3v) is 2.95. The molecule has 0 fully saturated rings. The molecule has 17 heavy (non-hydrogen) atoms. The predicted molar refractivity (Wildman–Crippen MR) is 70.6 cm³/mol. The monoisotopic (exact) mass is 257 g/mol. The molecule has 0 saturated heterocycles. The van der Waals surface area contributed by atoms with Crippen LogP contribution >= 0.6 is 11.6 Å². The first-order valence-corrected chi connectivity index (χ1v) is 6.41. The maximum atomic E-state index is 9.51. The van der Waals surface area contributed by atoms with Gasteiger partial charge in [-0.3, -0.25) is 0 Å². The molecular formula is C12H20ClN3O. The van der Waals surface area contributed by atoms with E-state index in [4.69, 9.17) is 11.6 Å². The molecule has 5 heteroatoms. The number of aromatic nitrogens is 2. The number of halogens is 1. The Morgan fingerprint density at radius 3 is 2.65 bits per heavy atom. The average molecular weight is 258 g/mol. The second-order valence-electron chi connectivity index (χ2n) is 4.10. The zero-order valence-corrected chi connectivity index (χ0v) is 11.4. The van der Waals surface area contributed by atoms with Crippen molar-refractivity contribution >= 4 is 17.4 Å². The topological polar surface area (TPSA) is 58.0 Å². The lowest BCUT2D eigenvalue weighted by Crippen LogP contribution is -2.20. The summed E-state index contributed by atoms with van der Waals surface area (Å²) in [5, 5.41) is 13.1. The lowest BCUT2D eigenvalue weighted by molar-refractivity contribution is 0.183. The lowest BCUT2D eigenvalue weighted by Gasteiger charge is -2.13. The highest BCUT2D eigenvalue weighted by atomic mass is 35.5. The Kier molecular flexibility index (Phi) is 5.65. The van der Waals surface area contributed by atoms with Crippen LogP contribution in [0.3, 0.4) is 0 Å². The van der Waals surface area contributed by atoms with Gasteiger partial charge in [-0.2, -0.15) is 0 Å². The molecule has 0 aliphatic rings. The minimum Gasteiger partial charge on any atom is -0.391 e. The van der Waals surface area contributed by atoms with Gasteiger partial charge in [0.1, 0.15) is 16.8 Å². The molecule has 2 N–H and O–H groups in total. The molecule has 0 radical (unpaired) electrons. The van der Waals surface area contributed by atoms with Crippen molar-refractivity contribution in [3.8, 4) is 0 Å². The van der Waals surface area contributed by atoms with E-state index in [1.165, 1.54) is 0 Å². The van der Waals surface area contributed by atoms with E-state index in [1.54, 1.807) is 0 Å². The van der Waals surface area contributed by atoms with Gasteiger partial charge in [0.05, 0.1) is 6.10 Å². The Morgan fingerprint density at radius 2 is 2.06 bits per heavy atom. The summed E-state index contributed by atoms with van der Waals surface area (Å²) >= 11 is 6.05. The first-order valence-electron chi connectivity index (χ1n) is 6.03. The van der Waals surface area contributed by atoms with Crippen molar-refractivity contribution < 1.29 is 5.11 Å². The molecule has 1 unspecified atom stereocenters. The summed E-state index contributed by atoms with van der Waals surface area (Å²) in [6.07, 6.45) is 2.14. The van der Waals surface area contributed by atoms with E-state index in [2.05, 4.69) is 22.2 Å². The smallest absolute Gasteiger partial charge is 0.137 e. The molecule has 1 aromatic rings. The zero-order chi connectivity index (χ0) is 12.8.